The Morgan fingerprint density at radius 3 is 2.45 bits per heavy atom. The maximum atomic E-state index is 12.2. The number of carbonyl (C=O) groups is 2. The lowest BCUT2D eigenvalue weighted by Crippen LogP contribution is -2.36. The predicted molar refractivity (Wildman–Crippen MR) is 125 cm³/mol. The van der Waals surface area contributed by atoms with Gasteiger partial charge >= 0.3 is 0 Å². The topological polar surface area (TPSA) is 106 Å². The molecule has 2 N–H and O–H groups in total. The van der Waals surface area contributed by atoms with Gasteiger partial charge in [-0.25, -0.2) is 0 Å². The summed E-state index contributed by atoms with van der Waals surface area (Å²) in [5.74, 6) is 0.870. The number of aromatic nitrogens is 2. The standard InChI is InChI=1S/C24H25N5O4/c1-17(30)25-20-3-2-4-21(15-20)33-16-24(31)26-19-7-5-18(6-8-19)22-9-10-23(28-27-22)29-11-13-32-14-12-29/h2-10,15H,11-14,16H2,1H3,(H,25,30)(H,26,31). The fourth-order valence-electron chi connectivity index (χ4n) is 3.38. The summed E-state index contributed by atoms with van der Waals surface area (Å²) in [6, 6.07) is 18.1. The van der Waals surface area contributed by atoms with Gasteiger partial charge in [0.15, 0.2) is 12.4 Å². The zero-order valence-electron chi connectivity index (χ0n) is 18.3. The summed E-state index contributed by atoms with van der Waals surface area (Å²) in [7, 11) is 0. The molecule has 9 nitrogen and oxygen atoms in total. The first kappa shape index (κ1) is 22.2. The van der Waals surface area contributed by atoms with Crippen LogP contribution in [0.2, 0.25) is 0 Å². The number of benzene rings is 2. The van der Waals surface area contributed by atoms with Crippen LogP contribution in [0.3, 0.4) is 0 Å². The van der Waals surface area contributed by atoms with Crippen molar-refractivity contribution in [2.24, 2.45) is 0 Å². The van der Waals surface area contributed by atoms with Crippen LogP contribution < -0.4 is 20.3 Å². The van der Waals surface area contributed by atoms with E-state index < -0.39 is 0 Å². The molecule has 1 aromatic heterocycles. The summed E-state index contributed by atoms with van der Waals surface area (Å²) in [5, 5.41) is 14.1. The van der Waals surface area contributed by atoms with E-state index in [2.05, 4.69) is 25.7 Å². The molecule has 0 unspecified atom stereocenters. The maximum Gasteiger partial charge on any atom is 0.262 e. The summed E-state index contributed by atoms with van der Waals surface area (Å²) in [6.07, 6.45) is 0. The molecule has 9 heteroatoms. The molecule has 1 aliphatic heterocycles. The van der Waals surface area contributed by atoms with E-state index >= 15 is 0 Å². The first-order valence-electron chi connectivity index (χ1n) is 10.6. The summed E-state index contributed by atoms with van der Waals surface area (Å²) in [6.45, 7) is 4.30. The van der Waals surface area contributed by atoms with E-state index in [-0.39, 0.29) is 18.4 Å². The van der Waals surface area contributed by atoms with Gasteiger partial charge in [-0.2, -0.15) is 0 Å². The molecule has 0 bridgehead atoms. The van der Waals surface area contributed by atoms with Crippen LogP contribution in [-0.4, -0.2) is 54.9 Å². The van der Waals surface area contributed by atoms with E-state index in [1.54, 1.807) is 24.3 Å². The first-order chi connectivity index (χ1) is 16.1. The van der Waals surface area contributed by atoms with Crippen molar-refractivity contribution in [3.63, 3.8) is 0 Å². The third-order valence-electron chi connectivity index (χ3n) is 4.97. The fourth-order valence-corrected chi connectivity index (χ4v) is 3.38. The van der Waals surface area contributed by atoms with Crippen LogP contribution in [0.1, 0.15) is 6.92 Å². The molecule has 0 spiro atoms. The number of morpholine rings is 1. The van der Waals surface area contributed by atoms with Crippen LogP contribution >= 0.6 is 0 Å². The summed E-state index contributed by atoms with van der Waals surface area (Å²) in [4.78, 5) is 25.6. The highest BCUT2D eigenvalue weighted by Crippen LogP contribution is 2.21. The number of ether oxygens (including phenoxy) is 2. The number of anilines is 3. The molecule has 1 saturated heterocycles. The Morgan fingerprint density at radius 2 is 1.76 bits per heavy atom. The molecule has 1 fully saturated rings. The van der Waals surface area contributed by atoms with Gasteiger partial charge in [-0.15, -0.1) is 10.2 Å². The molecule has 170 valence electrons. The van der Waals surface area contributed by atoms with Gasteiger partial charge in [0.25, 0.3) is 5.91 Å². The molecule has 4 rings (SSSR count). The minimum atomic E-state index is -0.290. The lowest BCUT2D eigenvalue weighted by molar-refractivity contribution is -0.118. The van der Waals surface area contributed by atoms with Crippen molar-refractivity contribution in [2.75, 3.05) is 48.4 Å². The largest absolute Gasteiger partial charge is 0.484 e. The Hall–Kier alpha value is -3.98. The minimum Gasteiger partial charge on any atom is -0.484 e. The van der Waals surface area contributed by atoms with E-state index in [1.807, 2.05) is 36.4 Å². The molecule has 2 aromatic carbocycles. The van der Waals surface area contributed by atoms with Gasteiger partial charge in [-0.05, 0) is 36.4 Å². The monoisotopic (exact) mass is 447 g/mol. The van der Waals surface area contributed by atoms with E-state index in [4.69, 9.17) is 9.47 Å². The van der Waals surface area contributed by atoms with Crippen LogP contribution in [0.15, 0.2) is 60.7 Å². The van der Waals surface area contributed by atoms with Crippen molar-refractivity contribution < 1.29 is 19.1 Å². The lowest BCUT2D eigenvalue weighted by atomic mass is 10.1. The highest BCUT2D eigenvalue weighted by atomic mass is 16.5. The average Bonchev–Trinajstić information content (AvgIpc) is 2.84. The smallest absolute Gasteiger partial charge is 0.262 e. The number of carbonyl (C=O) groups excluding carboxylic acids is 2. The van der Waals surface area contributed by atoms with Crippen LogP contribution in [0, 0.1) is 0 Å². The Morgan fingerprint density at radius 1 is 0.970 bits per heavy atom. The Labute approximate surface area is 191 Å². The van der Waals surface area contributed by atoms with Crippen molar-refractivity contribution >= 4 is 29.0 Å². The van der Waals surface area contributed by atoms with Crippen LogP contribution in [0.4, 0.5) is 17.2 Å². The zero-order valence-corrected chi connectivity index (χ0v) is 18.3. The minimum absolute atomic E-state index is 0.153. The quantitative estimate of drug-likeness (QED) is 0.574. The molecule has 3 aromatic rings. The van der Waals surface area contributed by atoms with Gasteiger partial charge < -0.3 is 25.0 Å². The number of hydrogen-bond acceptors (Lipinski definition) is 7. The summed E-state index contributed by atoms with van der Waals surface area (Å²) in [5.41, 5.74) is 2.92. The highest BCUT2D eigenvalue weighted by Gasteiger charge is 2.13. The fraction of sp³-hybridized carbons (Fsp3) is 0.250. The van der Waals surface area contributed by atoms with Crippen molar-refractivity contribution in [3.8, 4) is 17.0 Å². The van der Waals surface area contributed by atoms with E-state index in [0.717, 1.165) is 30.2 Å². The Bertz CT molecular complexity index is 1100. The maximum absolute atomic E-state index is 12.2. The second kappa shape index (κ2) is 10.6. The van der Waals surface area contributed by atoms with E-state index in [9.17, 15) is 9.59 Å². The second-order valence-corrected chi connectivity index (χ2v) is 7.50. The van der Waals surface area contributed by atoms with Crippen LogP contribution in [0.5, 0.6) is 5.75 Å². The van der Waals surface area contributed by atoms with Crippen molar-refractivity contribution in [1.29, 1.82) is 0 Å². The Balaban J connectivity index is 1.30. The van der Waals surface area contributed by atoms with Gasteiger partial charge in [-0.3, -0.25) is 9.59 Å². The molecular weight excluding hydrogens is 422 g/mol. The molecule has 0 radical (unpaired) electrons. The molecular formula is C24H25N5O4. The first-order valence-corrected chi connectivity index (χ1v) is 10.6. The molecule has 0 saturated carbocycles. The number of rotatable bonds is 7. The normalized spacial score (nSPS) is 13.3. The number of hydrogen-bond donors (Lipinski definition) is 2. The number of amides is 2. The molecule has 0 aliphatic carbocycles. The molecule has 33 heavy (non-hydrogen) atoms. The van der Waals surface area contributed by atoms with Gasteiger partial charge in [0.1, 0.15) is 5.75 Å². The van der Waals surface area contributed by atoms with Gasteiger partial charge in [-0.1, -0.05) is 18.2 Å². The average molecular weight is 447 g/mol. The van der Waals surface area contributed by atoms with Crippen molar-refractivity contribution in [2.45, 2.75) is 6.92 Å². The number of nitrogens with zero attached hydrogens (tertiary/aromatic N) is 3. The van der Waals surface area contributed by atoms with Gasteiger partial charge in [0.05, 0.1) is 18.9 Å². The third kappa shape index (κ3) is 6.27. The van der Waals surface area contributed by atoms with Crippen molar-refractivity contribution in [3.05, 3.63) is 60.7 Å². The van der Waals surface area contributed by atoms with E-state index in [0.29, 0.717) is 30.3 Å². The lowest BCUT2D eigenvalue weighted by Gasteiger charge is -2.27. The SMILES string of the molecule is CC(=O)Nc1cccc(OCC(=O)Nc2ccc(-c3ccc(N4CCOCC4)nn3)cc2)c1. The summed E-state index contributed by atoms with van der Waals surface area (Å²) >= 11 is 0. The van der Waals surface area contributed by atoms with Crippen LogP contribution in [0.25, 0.3) is 11.3 Å². The number of nitrogens with one attached hydrogen (secondary N) is 2. The molecule has 0 atom stereocenters. The molecule has 2 amide bonds. The Kier molecular flexibility index (Phi) is 7.11. The highest BCUT2D eigenvalue weighted by molar-refractivity contribution is 5.92. The van der Waals surface area contributed by atoms with Gasteiger partial charge in [0.2, 0.25) is 5.91 Å². The molecule has 2 heterocycles. The van der Waals surface area contributed by atoms with Crippen molar-refractivity contribution in [1.82, 2.24) is 10.2 Å². The third-order valence-corrected chi connectivity index (χ3v) is 4.97. The zero-order chi connectivity index (χ0) is 23.0. The van der Waals surface area contributed by atoms with Gasteiger partial charge in [0, 0.05) is 43.0 Å². The second-order valence-electron chi connectivity index (χ2n) is 7.50. The molecule has 1 aliphatic rings. The van der Waals surface area contributed by atoms with Crippen LogP contribution in [-0.2, 0) is 14.3 Å². The predicted octanol–water partition coefficient (Wildman–Crippen LogP) is 2.96. The summed E-state index contributed by atoms with van der Waals surface area (Å²) < 4.78 is 10.9. The van der Waals surface area contributed by atoms with E-state index in [1.165, 1.54) is 6.92 Å².